The molecule has 1 aromatic heterocycles. The third-order valence-electron chi connectivity index (χ3n) is 2.64. The molecular formula is C14H13Cl2N3OS. The van der Waals surface area contributed by atoms with E-state index >= 15 is 0 Å². The Balaban J connectivity index is 2.08. The molecule has 0 aliphatic rings. The fourth-order valence-electron chi connectivity index (χ4n) is 1.60. The monoisotopic (exact) mass is 341 g/mol. The lowest BCUT2D eigenvalue weighted by Crippen LogP contribution is -2.23. The predicted molar refractivity (Wildman–Crippen MR) is 89.1 cm³/mol. The summed E-state index contributed by atoms with van der Waals surface area (Å²) in [6.07, 6.45) is 1.68. The molecule has 110 valence electrons. The first-order valence-electron chi connectivity index (χ1n) is 6.10. The van der Waals surface area contributed by atoms with Crippen molar-refractivity contribution in [3.8, 4) is 0 Å². The van der Waals surface area contributed by atoms with Crippen LogP contribution >= 0.6 is 35.0 Å². The van der Waals surface area contributed by atoms with Crippen molar-refractivity contribution in [2.45, 2.75) is 17.2 Å². The number of hydrogen-bond donors (Lipinski definition) is 2. The minimum Gasteiger partial charge on any atom is -0.397 e. The smallest absolute Gasteiger partial charge is 0.237 e. The SMILES string of the molecule is CC(Sc1ccccn1)C(=O)Nc1c(N)cc(Cl)cc1Cl. The molecule has 1 heterocycles. The van der Waals surface area contributed by atoms with Gasteiger partial charge in [0.05, 0.1) is 26.7 Å². The van der Waals surface area contributed by atoms with Crippen LogP contribution in [0.1, 0.15) is 6.92 Å². The fraction of sp³-hybridized carbons (Fsp3) is 0.143. The van der Waals surface area contributed by atoms with Crippen LogP contribution in [0.15, 0.2) is 41.6 Å². The van der Waals surface area contributed by atoms with Gasteiger partial charge in [-0.15, -0.1) is 0 Å². The molecule has 4 nitrogen and oxygen atoms in total. The Hall–Kier alpha value is -1.43. The van der Waals surface area contributed by atoms with Gasteiger partial charge >= 0.3 is 0 Å². The molecule has 2 rings (SSSR count). The lowest BCUT2D eigenvalue weighted by molar-refractivity contribution is -0.115. The van der Waals surface area contributed by atoms with Gasteiger partial charge < -0.3 is 11.1 Å². The third kappa shape index (κ3) is 4.27. The Kier molecular flexibility index (Phi) is 5.33. The van der Waals surface area contributed by atoms with E-state index < -0.39 is 0 Å². The molecule has 0 radical (unpaired) electrons. The van der Waals surface area contributed by atoms with Gasteiger partial charge in [-0.3, -0.25) is 4.79 Å². The van der Waals surface area contributed by atoms with Crippen molar-refractivity contribution >= 4 is 52.2 Å². The summed E-state index contributed by atoms with van der Waals surface area (Å²) in [6, 6.07) is 8.61. The molecule has 1 aromatic carbocycles. The summed E-state index contributed by atoms with van der Waals surface area (Å²) in [5.74, 6) is -0.207. The number of carbonyl (C=O) groups excluding carboxylic acids is 1. The van der Waals surface area contributed by atoms with Crippen LogP contribution in [-0.4, -0.2) is 16.1 Å². The van der Waals surface area contributed by atoms with Gasteiger partial charge in [0.25, 0.3) is 0 Å². The number of thioether (sulfide) groups is 1. The molecule has 0 aliphatic carbocycles. The van der Waals surface area contributed by atoms with E-state index in [1.807, 2.05) is 18.2 Å². The highest BCUT2D eigenvalue weighted by molar-refractivity contribution is 8.00. The van der Waals surface area contributed by atoms with Gasteiger partial charge in [0.1, 0.15) is 0 Å². The van der Waals surface area contributed by atoms with Crippen LogP contribution in [0.2, 0.25) is 10.0 Å². The van der Waals surface area contributed by atoms with Gasteiger partial charge in [0.15, 0.2) is 0 Å². The third-order valence-corrected chi connectivity index (χ3v) is 4.21. The van der Waals surface area contributed by atoms with E-state index in [0.717, 1.165) is 5.03 Å². The van der Waals surface area contributed by atoms with Gasteiger partial charge in [-0.05, 0) is 31.2 Å². The number of nitrogens with one attached hydrogen (secondary N) is 1. The highest BCUT2D eigenvalue weighted by Crippen LogP contribution is 2.33. The minimum atomic E-state index is -0.342. The van der Waals surface area contributed by atoms with Gasteiger partial charge in [-0.25, -0.2) is 4.98 Å². The molecule has 1 unspecified atom stereocenters. The molecule has 21 heavy (non-hydrogen) atoms. The number of pyridine rings is 1. The first-order valence-corrected chi connectivity index (χ1v) is 7.74. The van der Waals surface area contributed by atoms with E-state index in [2.05, 4.69) is 10.3 Å². The second-order valence-corrected chi connectivity index (χ2v) is 6.47. The second-order valence-electron chi connectivity index (χ2n) is 4.27. The van der Waals surface area contributed by atoms with Crippen molar-refractivity contribution in [3.05, 3.63) is 46.6 Å². The van der Waals surface area contributed by atoms with Gasteiger partial charge in [0, 0.05) is 11.2 Å². The van der Waals surface area contributed by atoms with Crippen LogP contribution < -0.4 is 11.1 Å². The van der Waals surface area contributed by atoms with Crippen LogP contribution in [-0.2, 0) is 4.79 Å². The summed E-state index contributed by atoms with van der Waals surface area (Å²) in [5.41, 5.74) is 6.52. The Morgan fingerprint density at radius 3 is 2.76 bits per heavy atom. The average Bonchev–Trinajstić information content (AvgIpc) is 2.43. The summed E-state index contributed by atoms with van der Waals surface area (Å²) in [7, 11) is 0. The molecule has 0 saturated carbocycles. The highest BCUT2D eigenvalue weighted by Gasteiger charge is 2.18. The Morgan fingerprint density at radius 1 is 1.38 bits per heavy atom. The van der Waals surface area contributed by atoms with Crippen molar-refractivity contribution in [2.24, 2.45) is 0 Å². The summed E-state index contributed by atoms with van der Waals surface area (Å²) in [6.45, 7) is 1.79. The van der Waals surface area contributed by atoms with Crippen molar-refractivity contribution in [2.75, 3.05) is 11.1 Å². The number of halogens is 2. The molecule has 0 aliphatic heterocycles. The molecule has 0 bridgehead atoms. The largest absolute Gasteiger partial charge is 0.397 e. The maximum Gasteiger partial charge on any atom is 0.237 e. The summed E-state index contributed by atoms with van der Waals surface area (Å²) in [5, 5.41) is 3.89. The zero-order valence-corrected chi connectivity index (χ0v) is 13.5. The first-order chi connectivity index (χ1) is 9.97. The number of nitrogen functional groups attached to an aromatic ring is 1. The van der Waals surface area contributed by atoms with Crippen LogP contribution in [0.5, 0.6) is 0 Å². The molecule has 1 amide bonds. The topological polar surface area (TPSA) is 68.0 Å². The number of nitrogens with zero attached hydrogens (tertiary/aromatic N) is 1. The zero-order chi connectivity index (χ0) is 15.4. The molecule has 0 spiro atoms. The maximum absolute atomic E-state index is 12.2. The van der Waals surface area contributed by atoms with E-state index in [9.17, 15) is 4.79 Å². The lowest BCUT2D eigenvalue weighted by Gasteiger charge is -2.14. The van der Waals surface area contributed by atoms with Crippen LogP contribution in [0.3, 0.4) is 0 Å². The number of aromatic nitrogens is 1. The minimum absolute atomic E-state index is 0.207. The van der Waals surface area contributed by atoms with Gasteiger partial charge in [-0.1, -0.05) is 41.0 Å². The van der Waals surface area contributed by atoms with Crippen LogP contribution in [0.4, 0.5) is 11.4 Å². The summed E-state index contributed by atoms with van der Waals surface area (Å²) >= 11 is 13.2. The maximum atomic E-state index is 12.2. The first kappa shape index (κ1) is 15.9. The van der Waals surface area contributed by atoms with Crippen LogP contribution in [0.25, 0.3) is 0 Å². The lowest BCUT2D eigenvalue weighted by atomic mass is 10.2. The Bertz CT molecular complexity index is 629. The van der Waals surface area contributed by atoms with Crippen molar-refractivity contribution in [1.29, 1.82) is 0 Å². The molecule has 7 heteroatoms. The number of amides is 1. The van der Waals surface area contributed by atoms with E-state index in [4.69, 9.17) is 28.9 Å². The normalized spacial score (nSPS) is 12.0. The van der Waals surface area contributed by atoms with E-state index in [0.29, 0.717) is 21.4 Å². The number of benzene rings is 1. The fourth-order valence-corrected chi connectivity index (χ4v) is 2.97. The number of nitrogens with two attached hydrogens (primary N) is 1. The Labute approximate surface area is 137 Å². The molecule has 1 atom stereocenters. The second kappa shape index (κ2) is 7.02. The summed E-state index contributed by atoms with van der Waals surface area (Å²) < 4.78 is 0. The number of anilines is 2. The Morgan fingerprint density at radius 2 is 2.14 bits per heavy atom. The number of hydrogen-bond acceptors (Lipinski definition) is 4. The van der Waals surface area contributed by atoms with Crippen molar-refractivity contribution < 1.29 is 4.79 Å². The van der Waals surface area contributed by atoms with Crippen molar-refractivity contribution in [3.63, 3.8) is 0 Å². The quantitative estimate of drug-likeness (QED) is 0.649. The van der Waals surface area contributed by atoms with Crippen molar-refractivity contribution in [1.82, 2.24) is 4.98 Å². The molecule has 0 saturated heterocycles. The predicted octanol–water partition coefficient (Wildman–Crippen LogP) is 4.09. The van der Waals surface area contributed by atoms with E-state index in [-0.39, 0.29) is 11.2 Å². The summed E-state index contributed by atoms with van der Waals surface area (Å²) in [4.78, 5) is 16.4. The van der Waals surface area contributed by atoms with Crippen LogP contribution in [0, 0.1) is 0 Å². The standard InChI is InChI=1S/C14H13Cl2N3OS/c1-8(21-12-4-2-3-5-18-12)14(20)19-13-10(16)6-9(15)7-11(13)17/h2-8H,17H2,1H3,(H,19,20). The molecule has 0 fully saturated rings. The molecule has 2 aromatic rings. The zero-order valence-electron chi connectivity index (χ0n) is 11.1. The van der Waals surface area contributed by atoms with Gasteiger partial charge in [0.2, 0.25) is 5.91 Å². The van der Waals surface area contributed by atoms with Gasteiger partial charge in [-0.2, -0.15) is 0 Å². The number of carbonyl (C=O) groups is 1. The van der Waals surface area contributed by atoms with E-state index in [1.54, 1.807) is 19.2 Å². The molecular weight excluding hydrogens is 329 g/mol. The highest BCUT2D eigenvalue weighted by atomic mass is 35.5. The van der Waals surface area contributed by atoms with E-state index in [1.165, 1.54) is 17.8 Å². The average molecular weight is 342 g/mol. The molecule has 3 N–H and O–H groups in total. The number of rotatable bonds is 4.